The van der Waals surface area contributed by atoms with E-state index in [2.05, 4.69) is 53.4 Å². The van der Waals surface area contributed by atoms with Crippen LogP contribution in [-0.2, 0) is 6.54 Å². The van der Waals surface area contributed by atoms with E-state index in [1.807, 2.05) is 0 Å². The van der Waals surface area contributed by atoms with Gasteiger partial charge < -0.3 is 10.2 Å². The van der Waals surface area contributed by atoms with Crippen LogP contribution in [0.4, 0.5) is 5.82 Å². The van der Waals surface area contributed by atoms with Crippen LogP contribution in [-0.4, -0.2) is 29.8 Å². The molecule has 94 valence electrons. The van der Waals surface area contributed by atoms with Gasteiger partial charge >= 0.3 is 0 Å². The SMILES string of the molecule is CC(C)CN(C)c1ccc(CNC2CC2)nn1. The first-order chi connectivity index (χ1) is 8.15. The van der Waals surface area contributed by atoms with Gasteiger partial charge in [0.2, 0.25) is 0 Å². The lowest BCUT2D eigenvalue weighted by molar-refractivity contribution is 0.628. The molecule has 1 aliphatic rings. The first-order valence-corrected chi connectivity index (χ1v) is 6.42. The molecule has 4 heteroatoms. The summed E-state index contributed by atoms with van der Waals surface area (Å²) in [5, 5.41) is 12.0. The van der Waals surface area contributed by atoms with Gasteiger partial charge in [0.15, 0.2) is 5.82 Å². The molecule has 0 bridgehead atoms. The molecule has 1 saturated carbocycles. The van der Waals surface area contributed by atoms with Crippen LogP contribution in [0.3, 0.4) is 0 Å². The maximum atomic E-state index is 4.27. The summed E-state index contributed by atoms with van der Waals surface area (Å²) >= 11 is 0. The van der Waals surface area contributed by atoms with E-state index in [9.17, 15) is 0 Å². The molecule has 0 amide bonds. The molecular formula is C13H22N4. The lowest BCUT2D eigenvalue weighted by Crippen LogP contribution is -2.24. The minimum atomic E-state index is 0.637. The van der Waals surface area contributed by atoms with Gasteiger partial charge in [0, 0.05) is 26.2 Å². The summed E-state index contributed by atoms with van der Waals surface area (Å²) in [5.74, 6) is 1.59. The van der Waals surface area contributed by atoms with E-state index in [0.717, 1.165) is 30.6 Å². The summed E-state index contributed by atoms with van der Waals surface area (Å²) in [6.45, 7) is 6.26. The van der Waals surface area contributed by atoms with Crippen molar-refractivity contribution in [1.29, 1.82) is 0 Å². The third-order valence-electron chi connectivity index (χ3n) is 2.89. The van der Waals surface area contributed by atoms with Crippen LogP contribution in [0.15, 0.2) is 12.1 Å². The van der Waals surface area contributed by atoms with Crippen molar-refractivity contribution in [2.24, 2.45) is 5.92 Å². The zero-order valence-corrected chi connectivity index (χ0v) is 11.0. The Morgan fingerprint density at radius 1 is 1.35 bits per heavy atom. The molecule has 1 fully saturated rings. The van der Waals surface area contributed by atoms with Gasteiger partial charge in [-0.25, -0.2) is 0 Å². The fraction of sp³-hybridized carbons (Fsp3) is 0.692. The molecule has 17 heavy (non-hydrogen) atoms. The van der Waals surface area contributed by atoms with E-state index in [-0.39, 0.29) is 0 Å². The number of hydrogen-bond donors (Lipinski definition) is 1. The minimum absolute atomic E-state index is 0.637. The van der Waals surface area contributed by atoms with Crippen LogP contribution in [0.2, 0.25) is 0 Å². The fourth-order valence-corrected chi connectivity index (χ4v) is 1.83. The highest BCUT2D eigenvalue weighted by Crippen LogP contribution is 2.19. The number of aromatic nitrogens is 2. The van der Waals surface area contributed by atoms with Crippen molar-refractivity contribution in [3.05, 3.63) is 17.8 Å². The molecule has 0 aromatic carbocycles. The molecule has 0 radical (unpaired) electrons. The van der Waals surface area contributed by atoms with Crippen molar-refractivity contribution in [2.75, 3.05) is 18.5 Å². The van der Waals surface area contributed by atoms with Crippen molar-refractivity contribution < 1.29 is 0 Å². The number of hydrogen-bond acceptors (Lipinski definition) is 4. The van der Waals surface area contributed by atoms with Crippen LogP contribution in [0.25, 0.3) is 0 Å². The zero-order chi connectivity index (χ0) is 12.3. The fourth-order valence-electron chi connectivity index (χ4n) is 1.83. The van der Waals surface area contributed by atoms with Gasteiger partial charge in [-0.3, -0.25) is 0 Å². The number of anilines is 1. The second kappa shape index (κ2) is 5.45. The van der Waals surface area contributed by atoms with Crippen LogP contribution in [0, 0.1) is 5.92 Å². The molecule has 0 spiro atoms. The van der Waals surface area contributed by atoms with Crippen LogP contribution in [0.5, 0.6) is 0 Å². The van der Waals surface area contributed by atoms with Crippen molar-refractivity contribution in [3.8, 4) is 0 Å². The first kappa shape index (κ1) is 12.3. The van der Waals surface area contributed by atoms with Gasteiger partial charge in [-0.2, -0.15) is 5.10 Å². The summed E-state index contributed by atoms with van der Waals surface area (Å²) in [6.07, 6.45) is 2.62. The zero-order valence-electron chi connectivity index (χ0n) is 11.0. The van der Waals surface area contributed by atoms with Gasteiger partial charge in [-0.05, 0) is 30.9 Å². The highest BCUT2D eigenvalue weighted by molar-refractivity contribution is 5.36. The Kier molecular flexibility index (Phi) is 3.94. The normalized spacial score (nSPS) is 15.3. The molecule has 2 rings (SSSR count). The summed E-state index contributed by atoms with van der Waals surface area (Å²) in [7, 11) is 2.06. The molecule has 0 atom stereocenters. The summed E-state index contributed by atoms with van der Waals surface area (Å²) in [6, 6.07) is 4.84. The Morgan fingerprint density at radius 3 is 2.65 bits per heavy atom. The molecule has 1 aromatic rings. The Morgan fingerprint density at radius 2 is 2.12 bits per heavy atom. The number of nitrogens with zero attached hydrogens (tertiary/aromatic N) is 3. The average Bonchev–Trinajstić information content (AvgIpc) is 3.10. The van der Waals surface area contributed by atoms with Crippen molar-refractivity contribution >= 4 is 5.82 Å². The minimum Gasteiger partial charge on any atom is -0.358 e. The lowest BCUT2D eigenvalue weighted by Gasteiger charge is -2.19. The Bertz CT molecular complexity index is 343. The molecule has 0 unspecified atom stereocenters. The monoisotopic (exact) mass is 234 g/mol. The molecular weight excluding hydrogens is 212 g/mol. The van der Waals surface area contributed by atoms with Crippen LogP contribution >= 0.6 is 0 Å². The lowest BCUT2D eigenvalue weighted by atomic mass is 10.2. The van der Waals surface area contributed by atoms with E-state index in [1.165, 1.54) is 12.8 Å². The number of nitrogens with one attached hydrogen (secondary N) is 1. The quantitative estimate of drug-likeness (QED) is 0.815. The van der Waals surface area contributed by atoms with E-state index < -0.39 is 0 Å². The third-order valence-corrected chi connectivity index (χ3v) is 2.89. The molecule has 1 aromatic heterocycles. The van der Waals surface area contributed by atoms with E-state index in [4.69, 9.17) is 0 Å². The van der Waals surface area contributed by atoms with Crippen LogP contribution < -0.4 is 10.2 Å². The molecule has 0 aliphatic heterocycles. The molecule has 0 saturated heterocycles. The Labute approximate surface area is 103 Å². The van der Waals surface area contributed by atoms with Crippen LogP contribution in [0.1, 0.15) is 32.4 Å². The maximum absolute atomic E-state index is 4.27. The Balaban J connectivity index is 1.87. The highest BCUT2D eigenvalue weighted by Gasteiger charge is 2.20. The average molecular weight is 234 g/mol. The first-order valence-electron chi connectivity index (χ1n) is 6.42. The topological polar surface area (TPSA) is 41.0 Å². The molecule has 1 heterocycles. The van der Waals surface area contributed by atoms with Crippen molar-refractivity contribution in [2.45, 2.75) is 39.3 Å². The summed E-state index contributed by atoms with van der Waals surface area (Å²) in [4.78, 5) is 2.15. The molecule has 4 nitrogen and oxygen atoms in total. The predicted octanol–water partition coefficient (Wildman–Crippen LogP) is 1.82. The third kappa shape index (κ3) is 3.97. The van der Waals surface area contributed by atoms with E-state index in [1.54, 1.807) is 0 Å². The highest BCUT2D eigenvalue weighted by atomic mass is 15.2. The summed E-state index contributed by atoms with van der Waals surface area (Å²) in [5.41, 5.74) is 1.03. The van der Waals surface area contributed by atoms with E-state index >= 15 is 0 Å². The molecule has 1 N–H and O–H groups in total. The number of rotatable bonds is 6. The summed E-state index contributed by atoms with van der Waals surface area (Å²) < 4.78 is 0. The van der Waals surface area contributed by atoms with Gasteiger partial charge in [-0.15, -0.1) is 5.10 Å². The van der Waals surface area contributed by atoms with Gasteiger partial charge in [0.1, 0.15) is 0 Å². The standard InChI is InChI=1S/C13H22N4/c1-10(2)9-17(3)13-7-6-12(15-16-13)8-14-11-4-5-11/h6-7,10-11,14H,4-5,8-9H2,1-3H3. The van der Waals surface area contributed by atoms with Gasteiger partial charge in [0.25, 0.3) is 0 Å². The Hall–Kier alpha value is -1.16. The van der Waals surface area contributed by atoms with Crippen molar-refractivity contribution in [1.82, 2.24) is 15.5 Å². The second-order valence-electron chi connectivity index (χ2n) is 5.31. The van der Waals surface area contributed by atoms with E-state index in [0.29, 0.717) is 5.92 Å². The second-order valence-corrected chi connectivity index (χ2v) is 5.31. The van der Waals surface area contributed by atoms with Gasteiger partial charge in [0.05, 0.1) is 5.69 Å². The largest absolute Gasteiger partial charge is 0.358 e. The maximum Gasteiger partial charge on any atom is 0.150 e. The van der Waals surface area contributed by atoms with Crippen molar-refractivity contribution in [3.63, 3.8) is 0 Å². The predicted molar refractivity (Wildman–Crippen MR) is 70.0 cm³/mol. The van der Waals surface area contributed by atoms with Gasteiger partial charge in [-0.1, -0.05) is 13.8 Å². The smallest absolute Gasteiger partial charge is 0.150 e. The molecule has 1 aliphatic carbocycles.